The number of fused-ring (bicyclic) bond motifs is 1. The highest BCUT2D eigenvalue weighted by atomic mass is 32.2. The van der Waals surface area contributed by atoms with Crippen LogP contribution >= 0.6 is 0 Å². The van der Waals surface area contributed by atoms with Crippen LogP contribution in [0.5, 0.6) is 17.2 Å². The number of sulfonamides is 1. The van der Waals surface area contributed by atoms with Crippen molar-refractivity contribution in [2.45, 2.75) is 37.7 Å². The van der Waals surface area contributed by atoms with E-state index >= 15 is 0 Å². The molecule has 9 heteroatoms. The maximum absolute atomic E-state index is 13.6. The van der Waals surface area contributed by atoms with Gasteiger partial charge in [-0.3, -0.25) is 9.10 Å². The van der Waals surface area contributed by atoms with Crippen molar-refractivity contribution in [1.29, 1.82) is 0 Å². The van der Waals surface area contributed by atoms with E-state index in [1.807, 2.05) is 37.3 Å². The predicted octanol–water partition coefficient (Wildman–Crippen LogP) is 4.28. The molecule has 3 aromatic rings. The zero-order valence-electron chi connectivity index (χ0n) is 21.4. The lowest BCUT2D eigenvalue weighted by Crippen LogP contribution is -2.51. The number of nitrogens with zero attached hydrogens (tertiary/aromatic N) is 1. The van der Waals surface area contributed by atoms with Gasteiger partial charge in [0.05, 0.1) is 30.8 Å². The average Bonchev–Trinajstić information content (AvgIpc) is 2.90. The SMILES string of the molecule is COc1ccc(S(=O)(=O)N2C[C@H](C(=O)NCCOc3ccccc3C(C)C)Oc3ccc(C)cc32)cc1. The van der Waals surface area contributed by atoms with Crippen LogP contribution in [0.2, 0.25) is 0 Å². The molecule has 1 aliphatic heterocycles. The van der Waals surface area contributed by atoms with Gasteiger partial charge in [0.1, 0.15) is 23.9 Å². The third-order valence-corrected chi connectivity index (χ3v) is 7.92. The number of rotatable bonds is 9. The summed E-state index contributed by atoms with van der Waals surface area (Å²) in [6.07, 6.45) is -1.02. The zero-order valence-corrected chi connectivity index (χ0v) is 22.2. The first-order valence-electron chi connectivity index (χ1n) is 12.1. The van der Waals surface area contributed by atoms with Gasteiger partial charge in [0.2, 0.25) is 0 Å². The van der Waals surface area contributed by atoms with E-state index in [-0.39, 0.29) is 24.6 Å². The largest absolute Gasteiger partial charge is 0.497 e. The van der Waals surface area contributed by atoms with Gasteiger partial charge in [0, 0.05) is 0 Å². The molecule has 0 fully saturated rings. The molecule has 8 nitrogen and oxygen atoms in total. The minimum atomic E-state index is -3.96. The lowest BCUT2D eigenvalue weighted by Gasteiger charge is -2.35. The Balaban J connectivity index is 1.48. The number of hydrogen-bond donors (Lipinski definition) is 1. The quantitative estimate of drug-likeness (QED) is 0.420. The number of hydrogen-bond acceptors (Lipinski definition) is 6. The topological polar surface area (TPSA) is 94.2 Å². The summed E-state index contributed by atoms with van der Waals surface area (Å²) in [7, 11) is -2.45. The molecule has 0 aromatic heterocycles. The monoisotopic (exact) mass is 524 g/mol. The van der Waals surface area contributed by atoms with Crippen LogP contribution in [0.1, 0.15) is 30.9 Å². The van der Waals surface area contributed by atoms with Crippen LogP contribution in [0.15, 0.2) is 71.6 Å². The van der Waals surface area contributed by atoms with E-state index in [9.17, 15) is 13.2 Å². The van der Waals surface area contributed by atoms with Crippen LogP contribution in [0.3, 0.4) is 0 Å². The molecule has 0 saturated heterocycles. The second-order valence-corrected chi connectivity index (χ2v) is 11.0. The Hall–Kier alpha value is -3.72. The second-order valence-electron chi connectivity index (χ2n) is 9.12. The Morgan fingerprint density at radius 2 is 1.84 bits per heavy atom. The van der Waals surface area contributed by atoms with Crippen molar-refractivity contribution in [3.63, 3.8) is 0 Å². The van der Waals surface area contributed by atoms with E-state index in [4.69, 9.17) is 14.2 Å². The molecule has 0 radical (unpaired) electrons. The Bertz CT molecular complexity index is 1360. The van der Waals surface area contributed by atoms with Gasteiger partial charge < -0.3 is 19.5 Å². The Kier molecular flexibility index (Phi) is 7.92. The van der Waals surface area contributed by atoms with Crippen LogP contribution < -0.4 is 23.8 Å². The summed E-state index contributed by atoms with van der Waals surface area (Å²) < 4.78 is 45.4. The van der Waals surface area contributed by atoms with E-state index in [2.05, 4.69) is 19.2 Å². The number of benzene rings is 3. The fourth-order valence-corrected chi connectivity index (χ4v) is 5.61. The molecule has 1 atom stereocenters. The molecule has 3 aromatic carbocycles. The Morgan fingerprint density at radius 1 is 1.11 bits per heavy atom. The first-order chi connectivity index (χ1) is 17.7. The van der Waals surface area contributed by atoms with Crippen LogP contribution in [0, 0.1) is 6.92 Å². The Labute approximate surface area is 218 Å². The molecule has 1 N–H and O–H groups in total. The number of para-hydroxylation sites is 1. The summed E-state index contributed by atoms with van der Waals surface area (Å²) in [4.78, 5) is 13.1. The normalized spacial score (nSPS) is 15.1. The number of methoxy groups -OCH3 is 1. The third-order valence-electron chi connectivity index (χ3n) is 6.12. The molecule has 4 rings (SSSR count). The highest BCUT2D eigenvalue weighted by molar-refractivity contribution is 7.92. The fraction of sp³-hybridized carbons (Fsp3) is 0.321. The van der Waals surface area contributed by atoms with Crippen molar-refractivity contribution in [2.75, 3.05) is 31.1 Å². The number of aryl methyl sites for hydroxylation is 1. The fourth-order valence-electron chi connectivity index (χ4n) is 4.14. The van der Waals surface area contributed by atoms with Crippen LogP contribution in [0.4, 0.5) is 5.69 Å². The molecule has 1 aliphatic rings. The van der Waals surface area contributed by atoms with E-state index in [1.54, 1.807) is 24.3 Å². The standard InChI is InChI=1S/C28H32N2O6S/c1-19(2)23-7-5-6-8-25(23)35-16-15-29-28(31)27-18-30(24-17-20(3)9-14-26(24)36-27)37(32,33)22-12-10-21(34-4)11-13-22/h5-14,17,19,27H,15-16,18H2,1-4H3,(H,29,31)/t27-/m1/s1. The first-order valence-corrected chi connectivity index (χ1v) is 13.6. The summed E-state index contributed by atoms with van der Waals surface area (Å²) in [5, 5.41) is 2.81. The van der Waals surface area contributed by atoms with E-state index in [0.29, 0.717) is 23.1 Å². The van der Waals surface area contributed by atoms with Crippen molar-refractivity contribution in [3.8, 4) is 17.2 Å². The lowest BCUT2D eigenvalue weighted by molar-refractivity contribution is -0.127. The molecule has 1 amide bonds. The predicted molar refractivity (Wildman–Crippen MR) is 142 cm³/mol. The highest BCUT2D eigenvalue weighted by Gasteiger charge is 2.37. The molecule has 0 spiro atoms. The third kappa shape index (κ3) is 5.83. The smallest absolute Gasteiger partial charge is 0.264 e. The molecule has 0 saturated carbocycles. The molecule has 37 heavy (non-hydrogen) atoms. The van der Waals surface area contributed by atoms with Gasteiger partial charge in [-0.25, -0.2) is 8.42 Å². The number of nitrogens with one attached hydrogen (secondary N) is 1. The molecule has 196 valence electrons. The summed E-state index contributed by atoms with van der Waals surface area (Å²) in [5.41, 5.74) is 2.36. The second kappa shape index (κ2) is 11.1. The van der Waals surface area contributed by atoms with E-state index in [0.717, 1.165) is 16.9 Å². The molecule has 0 bridgehead atoms. The summed E-state index contributed by atoms with van der Waals surface area (Å²) in [6, 6.07) is 19.2. The maximum atomic E-state index is 13.6. The van der Waals surface area contributed by atoms with Gasteiger partial charge in [-0.2, -0.15) is 0 Å². The average molecular weight is 525 g/mol. The van der Waals surface area contributed by atoms with Crippen molar-refractivity contribution in [2.24, 2.45) is 0 Å². The van der Waals surface area contributed by atoms with Gasteiger partial charge in [-0.1, -0.05) is 38.1 Å². The van der Waals surface area contributed by atoms with E-state index in [1.165, 1.54) is 23.5 Å². The van der Waals surface area contributed by atoms with Gasteiger partial charge in [-0.15, -0.1) is 0 Å². The summed E-state index contributed by atoms with van der Waals surface area (Å²) in [5.74, 6) is 1.55. The lowest BCUT2D eigenvalue weighted by atomic mass is 10.0. The van der Waals surface area contributed by atoms with Crippen molar-refractivity contribution < 1.29 is 27.4 Å². The van der Waals surface area contributed by atoms with Gasteiger partial charge in [0.15, 0.2) is 6.10 Å². The van der Waals surface area contributed by atoms with Gasteiger partial charge >= 0.3 is 0 Å². The molecular weight excluding hydrogens is 492 g/mol. The molecule has 1 heterocycles. The summed E-state index contributed by atoms with van der Waals surface area (Å²) >= 11 is 0. The molecule has 0 aliphatic carbocycles. The van der Waals surface area contributed by atoms with Crippen LogP contribution in [-0.4, -0.2) is 47.2 Å². The zero-order chi connectivity index (χ0) is 26.6. The first kappa shape index (κ1) is 26.3. The molecule has 0 unspecified atom stereocenters. The Morgan fingerprint density at radius 3 is 2.54 bits per heavy atom. The number of anilines is 1. The number of carbonyl (C=O) groups is 1. The van der Waals surface area contributed by atoms with Gasteiger partial charge in [-0.05, 0) is 66.4 Å². The maximum Gasteiger partial charge on any atom is 0.264 e. The minimum Gasteiger partial charge on any atom is -0.497 e. The number of ether oxygens (including phenoxy) is 3. The van der Waals surface area contributed by atoms with Crippen LogP contribution in [0.25, 0.3) is 0 Å². The van der Waals surface area contributed by atoms with E-state index < -0.39 is 22.0 Å². The van der Waals surface area contributed by atoms with Crippen molar-refractivity contribution in [1.82, 2.24) is 5.32 Å². The van der Waals surface area contributed by atoms with Crippen LogP contribution in [-0.2, 0) is 14.8 Å². The number of amides is 1. The van der Waals surface area contributed by atoms with Gasteiger partial charge in [0.25, 0.3) is 15.9 Å². The minimum absolute atomic E-state index is 0.0963. The van der Waals surface area contributed by atoms with Crippen molar-refractivity contribution >= 4 is 21.6 Å². The van der Waals surface area contributed by atoms with Crippen molar-refractivity contribution in [3.05, 3.63) is 77.9 Å². The highest BCUT2D eigenvalue weighted by Crippen LogP contribution is 2.38. The summed E-state index contributed by atoms with van der Waals surface area (Å²) in [6.45, 7) is 6.41. The number of carbonyl (C=O) groups excluding carboxylic acids is 1. The molecular formula is C28H32N2O6S.